The number of hydrogen-bond acceptors (Lipinski definition) is 3. The zero-order valence-electron chi connectivity index (χ0n) is 19.1. The molecular formula is C27H25F3N4. The monoisotopic (exact) mass is 462 g/mol. The minimum absolute atomic E-state index is 0.465. The highest BCUT2D eigenvalue weighted by Gasteiger charge is 2.30. The highest BCUT2D eigenvalue weighted by Crippen LogP contribution is 2.31. The van der Waals surface area contributed by atoms with Crippen molar-refractivity contribution in [3.8, 4) is 17.1 Å². The Bertz CT molecular complexity index is 1310. The molecule has 3 heterocycles. The molecule has 1 aliphatic heterocycles. The number of aryl methyl sites for hydroxylation is 1. The van der Waals surface area contributed by atoms with Crippen LogP contribution in [0.4, 0.5) is 13.2 Å². The normalized spacial score (nSPS) is 14.3. The Morgan fingerprint density at radius 2 is 1.71 bits per heavy atom. The van der Waals surface area contributed by atoms with Gasteiger partial charge in [-0.1, -0.05) is 30.3 Å². The van der Waals surface area contributed by atoms with Gasteiger partial charge < -0.3 is 4.57 Å². The predicted molar refractivity (Wildman–Crippen MR) is 126 cm³/mol. The van der Waals surface area contributed by atoms with E-state index in [2.05, 4.69) is 51.5 Å². The molecule has 5 rings (SSSR count). The van der Waals surface area contributed by atoms with Gasteiger partial charge in [0.15, 0.2) is 5.82 Å². The lowest BCUT2D eigenvalue weighted by molar-refractivity contribution is -0.137. The fraction of sp³-hybridized carbons (Fsp3) is 0.259. The second kappa shape index (κ2) is 8.72. The molecule has 174 valence electrons. The predicted octanol–water partition coefficient (Wildman–Crippen LogP) is 6.13. The van der Waals surface area contributed by atoms with E-state index < -0.39 is 11.7 Å². The average Bonchev–Trinajstić information content (AvgIpc) is 3.11. The fourth-order valence-corrected chi connectivity index (χ4v) is 4.66. The summed E-state index contributed by atoms with van der Waals surface area (Å²) in [6.07, 6.45) is -1.75. The molecule has 4 aromatic rings. The van der Waals surface area contributed by atoms with E-state index in [1.165, 1.54) is 29.1 Å². The van der Waals surface area contributed by atoms with Crippen LogP contribution in [0.2, 0.25) is 0 Å². The lowest BCUT2D eigenvalue weighted by atomic mass is 10.1. The largest absolute Gasteiger partial charge is 0.416 e. The van der Waals surface area contributed by atoms with E-state index in [-0.39, 0.29) is 0 Å². The molecule has 0 bridgehead atoms. The van der Waals surface area contributed by atoms with Crippen LogP contribution in [0.1, 0.15) is 33.8 Å². The van der Waals surface area contributed by atoms with Crippen molar-refractivity contribution in [2.75, 3.05) is 6.54 Å². The van der Waals surface area contributed by atoms with Crippen molar-refractivity contribution < 1.29 is 13.2 Å². The molecule has 0 fully saturated rings. The van der Waals surface area contributed by atoms with E-state index in [1.54, 1.807) is 0 Å². The Kier molecular flexibility index (Phi) is 5.73. The van der Waals surface area contributed by atoms with Crippen molar-refractivity contribution in [2.24, 2.45) is 0 Å². The van der Waals surface area contributed by atoms with E-state index >= 15 is 0 Å². The molecule has 0 spiro atoms. The molecule has 0 radical (unpaired) electrons. The molecule has 0 amide bonds. The van der Waals surface area contributed by atoms with Gasteiger partial charge in [-0.3, -0.25) is 4.90 Å². The van der Waals surface area contributed by atoms with Gasteiger partial charge in [-0.2, -0.15) is 13.2 Å². The van der Waals surface area contributed by atoms with Crippen LogP contribution in [-0.4, -0.2) is 26.0 Å². The van der Waals surface area contributed by atoms with Crippen LogP contribution in [0.3, 0.4) is 0 Å². The van der Waals surface area contributed by atoms with Crippen LogP contribution in [-0.2, 0) is 25.7 Å². The van der Waals surface area contributed by atoms with Gasteiger partial charge in [0.2, 0.25) is 0 Å². The molecule has 0 saturated carbocycles. The van der Waals surface area contributed by atoms with E-state index in [0.29, 0.717) is 11.4 Å². The van der Waals surface area contributed by atoms with Crippen LogP contribution in [0.5, 0.6) is 0 Å². The Labute approximate surface area is 196 Å². The number of para-hydroxylation sites is 1. The zero-order valence-corrected chi connectivity index (χ0v) is 19.1. The molecule has 0 N–H and O–H groups in total. The quantitative estimate of drug-likeness (QED) is 0.366. The summed E-state index contributed by atoms with van der Waals surface area (Å²) >= 11 is 0. The number of fused-ring (bicyclic) bond motifs is 1. The van der Waals surface area contributed by atoms with Crippen LogP contribution in [0.15, 0.2) is 66.9 Å². The van der Waals surface area contributed by atoms with Gasteiger partial charge in [0, 0.05) is 60.5 Å². The van der Waals surface area contributed by atoms with Crippen molar-refractivity contribution in [2.45, 2.75) is 39.5 Å². The third-order valence-electron chi connectivity index (χ3n) is 6.43. The van der Waals surface area contributed by atoms with Gasteiger partial charge in [-0.15, -0.1) is 0 Å². The van der Waals surface area contributed by atoms with Crippen molar-refractivity contribution in [1.82, 2.24) is 19.4 Å². The lowest BCUT2D eigenvalue weighted by Gasteiger charge is -2.28. The van der Waals surface area contributed by atoms with Crippen LogP contribution in [0, 0.1) is 13.8 Å². The minimum atomic E-state index is -4.35. The third-order valence-corrected chi connectivity index (χ3v) is 6.43. The second-order valence-corrected chi connectivity index (χ2v) is 8.77. The molecule has 2 aromatic carbocycles. The Balaban J connectivity index is 1.32. The first-order valence-corrected chi connectivity index (χ1v) is 11.3. The van der Waals surface area contributed by atoms with E-state index in [1.807, 2.05) is 24.4 Å². The number of benzene rings is 2. The molecule has 0 atom stereocenters. The van der Waals surface area contributed by atoms with Crippen molar-refractivity contribution in [3.63, 3.8) is 0 Å². The summed E-state index contributed by atoms with van der Waals surface area (Å²) in [6.45, 7) is 6.74. The fourth-order valence-electron chi connectivity index (χ4n) is 4.66. The molecule has 0 aliphatic carbocycles. The number of hydrogen-bond donors (Lipinski definition) is 0. The smallest absolute Gasteiger partial charge is 0.318 e. The highest BCUT2D eigenvalue weighted by atomic mass is 19.4. The van der Waals surface area contributed by atoms with Crippen LogP contribution >= 0.6 is 0 Å². The number of aromatic nitrogens is 3. The third kappa shape index (κ3) is 4.35. The maximum absolute atomic E-state index is 12.8. The zero-order chi connectivity index (χ0) is 23.9. The molecule has 34 heavy (non-hydrogen) atoms. The number of alkyl halides is 3. The summed E-state index contributed by atoms with van der Waals surface area (Å²) in [4.78, 5) is 11.5. The molecule has 4 nitrogen and oxygen atoms in total. The van der Waals surface area contributed by atoms with E-state index in [9.17, 15) is 13.2 Å². The Morgan fingerprint density at radius 1 is 0.971 bits per heavy atom. The minimum Gasteiger partial charge on any atom is -0.318 e. The van der Waals surface area contributed by atoms with Crippen molar-refractivity contribution in [3.05, 3.63) is 101 Å². The van der Waals surface area contributed by atoms with Gasteiger partial charge in [-0.25, -0.2) is 9.97 Å². The summed E-state index contributed by atoms with van der Waals surface area (Å²) in [7, 11) is 0. The second-order valence-electron chi connectivity index (χ2n) is 8.77. The molecular weight excluding hydrogens is 437 g/mol. The maximum Gasteiger partial charge on any atom is 0.416 e. The number of halogens is 3. The van der Waals surface area contributed by atoms with Gasteiger partial charge in [0.05, 0.1) is 11.3 Å². The van der Waals surface area contributed by atoms with Gasteiger partial charge in [-0.05, 0) is 49.7 Å². The van der Waals surface area contributed by atoms with E-state index in [0.717, 1.165) is 55.1 Å². The molecule has 0 unspecified atom stereocenters. The van der Waals surface area contributed by atoms with Crippen LogP contribution < -0.4 is 0 Å². The first-order chi connectivity index (χ1) is 16.3. The standard InChI is InChI=1S/C27H25F3N4/c1-18-14-21(19(2)34(18)24-6-4-3-5-7-24)16-33-13-12-25-22(17-33)15-31-26(32-25)20-8-10-23(11-9-20)27(28,29)30/h3-11,14-15H,12-13,16-17H2,1-2H3. The van der Waals surface area contributed by atoms with Gasteiger partial charge in [0.1, 0.15) is 0 Å². The topological polar surface area (TPSA) is 34.0 Å². The van der Waals surface area contributed by atoms with Gasteiger partial charge in [0.25, 0.3) is 0 Å². The molecule has 2 aromatic heterocycles. The lowest BCUT2D eigenvalue weighted by Crippen LogP contribution is -2.31. The maximum atomic E-state index is 12.8. The molecule has 0 saturated heterocycles. The van der Waals surface area contributed by atoms with Crippen molar-refractivity contribution >= 4 is 0 Å². The summed E-state index contributed by atoms with van der Waals surface area (Å²) in [6, 6.07) is 17.6. The molecule has 7 heteroatoms. The Hall–Kier alpha value is -3.45. The van der Waals surface area contributed by atoms with Crippen molar-refractivity contribution in [1.29, 1.82) is 0 Å². The number of rotatable bonds is 4. The van der Waals surface area contributed by atoms with Gasteiger partial charge >= 0.3 is 6.18 Å². The van der Waals surface area contributed by atoms with E-state index in [4.69, 9.17) is 0 Å². The summed E-state index contributed by atoms with van der Waals surface area (Å²) in [5.41, 5.74) is 6.87. The van der Waals surface area contributed by atoms with Crippen LogP contribution in [0.25, 0.3) is 17.1 Å². The number of nitrogens with zero attached hydrogens (tertiary/aromatic N) is 4. The highest BCUT2D eigenvalue weighted by molar-refractivity contribution is 5.56. The Morgan fingerprint density at radius 3 is 2.41 bits per heavy atom. The average molecular weight is 463 g/mol. The SMILES string of the molecule is Cc1cc(CN2CCc3nc(-c4ccc(C(F)(F)F)cc4)ncc3C2)c(C)n1-c1ccccc1. The summed E-state index contributed by atoms with van der Waals surface area (Å²) in [5.74, 6) is 0.465. The summed E-state index contributed by atoms with van der Waals surface area (Å²) in [5, 5.41) is 0. The molecule has 1 aliphatic rings. The first kappa shape index (κ1) is 22.3. The first-order valence-electron chi connectivity index (χ1n) is 11.3. The summed E-state index contributed by atoms with van der Waals surface area (Å²) < 4.78 is 40.8.